The van der Waals surface area contributed by atoms with Crippen LogP contribution in [-0.4, -0.2) is 44.0 Å². The van der Waals surface area contributed by atoms with Crippen LogP contribution in [0.3, 0.4) is 0 Å². The van der Waals surface area contributed by atoms with E-state index in [1.807, 2.05) is 13.8 Å². The quantitative estimate of drug-likeness (QED) is 0.926. The summed E-state index contributed by atoms with van der Waals surface area (Å²) in [7, 11) is 0. The van der Waals surface area contributed by atoms with Gasteiger partial charge < -0.3 is 10.0 Å². The van der Waals surface area contributed by atoms with E-state index in [9.17, 15) is 14.7 Å². The van der Waals surface area contributed by atoms with E-state index >= 15 is 0 Å². The second-order valence-electron chi connectivity index (χ2n) is 5.28. The Morgan fingerprint density at radius 2 is 2.05 bits per heavy atom. The van der Waals surface area contributed by atoms with Crippen molar-refractivity contribution in [2.45, 2.75) is 38.1 Å². The number of aromatic nitrogens is 1. The predicted molar refractivity (Wildman–Crippen MR) is 78.2 cm³/mol. The van der Waals surface area contributed by atoms with Gasteiger partial charge in [-0.1, -0.05) is 0 Å². The molecule has 2 heterocycles. The van der Waals surface area contributed by atoms with E-state index in [4.69, 9.17) is 0 Å². The van der Waals surface area contributed by atoms with E-state index in [1.165, 1.54) is 11.3 Å². The molecular formula is C13H16N2O3S2. The summed E-state index contributed by atoms with van der Waals surface area (Å²) >= 11 is 2.95. The van der Waals surface area contributed by atoms with Gasteiger partial charge in [-0.05, 0) is 32.6 Å². The molecule has 2 unspecified atom stereocenters. The molecule has 1 saturated carbocycles. The zero-order chi connectivity index (χ0) is 14.4. The summed E-state index contributed by atoms with van der Waals surface area (Å²) in [6, 6.07) is -0.708. The fourth-order valence-corrected chi connectivity index (χ4v) is 5.06. The highest BCUT2D eigenvalue weighted by molar-refractivity contribution is 8.00. The summed E-state index contributed by atoms with van der Waals surface area (Å²) in [5.74, 6) is -0.128. The number of carbonyl (C=O) groups is 2. The van der Waals surface area contributed by atoms with Crippen molar-refractivity contribution in [2.75, 3.05) is 5.75 Å². The van der Waals surface area contributed by atoms with Gasteiger partial charge in [0.15, 0.2) is 0 Å². The van der Waals surface area contributed by atoms with Crippen molar-refractivity contribution >= 4 is 35.0 Å². The lowest BCUT2D eigenvalue weighted by molar-refractivity contribution is -0.141. The first-order chi connectivity index (χ1) is 9.49. The average Bonchev–Trinajstić information content (AvgIpc) is 3.03. The number of nitrogens with zero attached hydrogens (tertiary/aromatic N) is 2. The van der Waals surface area contributed by atoms with Crippen molar-refractivity contribution in [3.63, 3.8) is 0 Å². The summed E-state index contributed by atoms with van der Waals surface area (Å²) in [5.41, 5.74) is 0.702. The minimum Gasteiger partial charge on any atom is -0.480 e. The third-order valence-electron chi connectivity index (χ3n) is 3.68. The molecule has 1 aromatic heterocycles. The van der Waals surface area contributed by atoms with Gasteiger partial charge in [-0.25, -0.2) is 9.78 Å². The van der Waals surface area contributed by atoms with E-state index < -0.39 is 12.0 Å². The minimum atomic E-state index is -0.909. The van der Waals surface area contributed by atoms with E-state index in [2.05, 4.69) is 4.98 Å². The maximum atomic E-state index is 12.8. The van der Waals surface area contributed by atoms with E-state index in [1.54, 1.807) is 16.7 Å². The molecule has 1 N–H and O–H groups in total. The molecule has 0 radical (unpaired) electrons. The van der Waals surface area contributed by atoms with Gasteiger partial charge in [-0.2, -0.15) is 0 Å². The number of thiazole rings is 1. The normalized spacial score (nSPS) is 26.0. The number of hydrogen-bond acceptors (Lipinski definition) is 5. The van der Waals surface area contributed by atoms with Crippen molar-refractivity contribution < 1.29 is 14.7 Å². The number of amides is 1. The Labute approximate surface area is 125 Å². The van der Waals surface area contributed by atoms with Crippen molar-refractivity contribution in [1.82, 2.24) is 9.88 Å². The zero-order valence-corrected chi connectivity index (χ0v) is 13.0. The molecule has 5 nitrogen and oxygen atoms in total. The molecular weight excluding hydrogens is 296 g/mol. The smallest absolute Gasteiger partial charge is 0.327 e. The van der Waals surface area contributed by atoms with E-state index in [0.29, 0.717) is 22.2 Å². The van der Waals surface area contributed by atoms with Crippen molar-refractivity contribution in [3.8, 4) is 0 Å². The van der Waals surface area contributed by atoms with Gasteiger partial charge in [0.1, 0.15) is 10.9 Å². The monoisotopic (exact) mass is 312 g/mol. The SMILES string of the molecule is Cc1nc(C)c(C(=O)N2C(C(=O)O)CSC2C2CC2)s1. The molecule has 2 fully saturated rings. The fourth-order valence-electron chi connectivity index (χ4n) is 2.57. The second kappa shape index (κ2) is 5.04. The third kappa shape index (κ3) is 2.33. The molecule has 3 rings (SSSR count). The number of carboxylic acids is 1. The molecule has 0 aromatic carbocycles. The highest BCUT2D eigenvalue weighted by atomic mass is 32.2. The molecule has 7 heteroatoms. The Hall–Kier alpha value is -1.08. The molecule has 20 heavy (non-hydrogen) atoms. The summed E-state index contributed by atoms with van der Waals surface area (Å²) in [6.45, 7) is 3.67. The molecule has 1 aliphatic heterocycles. The third-order valence-corrected chi connectivity index (χ3v) is 6.20. The van der Waals surface area contributed by atoms with Crippen LogP contribution in [0.2, 0.25) is 0 Å². The molecule has 1 aromatic rings. The van der Waals surface area contributed by atoms with Crippen LogP contribution < -0.4 is 0 Å². The Kier molecular flexibility index (Phi) is 3.50. The predicted octanol–water partition coefficient (Wildman–Crippen LogP) is 2.14. The molecule has 0 spiro atoms. The first kappa shape index (κ1) is 13.9. The number of aliphatic carboxylic acids is 1. The Balaban J connectivity index is 1.92. The van der Waals surface area contributed by atoms with Gasteiger partial charge in [0, 0.05) is 5.75 Å². The van der Waals surface area contributed by atoms with Crippen molar-refractivity contribution in [1.29, 1.82) is 0 Å². The molecule has 2 atom stereocenters. The topological polar surface area (TPSA) is 70.5 Å². The van der Waals surface area contributed by atoms with Crippen LogP contribution in [0.1, 0.15) is 33.2 Å². The van der Waals surface area contributed by atoms with Gasteiger partial charge in [-0.15, -0.1) is 23.1 Å². The lowest BCUT2D eigenvalue weighted by atomic mass is 10.2. The number of aryl methyl sites for hydroxylation is 2. The molecule has 1 saturated heterocycles. The number of rotatable bonds is 3. The molecule has 2 aliphatic rings. The van der Waals surface area contributed by atoms with Gasteiger partial charge >= 0.3 is 5.97 Å². The van der Waals surface area contributed by atoms with Crippen LogP contribution in [0, 0.1) is 19.8 Å². The van der Waals surface area contributed by atoms with E-state index in [0.717, 1.165) is 17.8 Å². The molecule has 1 aliphatic carbocycles. The largest absolute Gasteiger partial charge is 0.480 e. The van der Waals surface area contributed by atoms with Gasteiger partial charge in [0.2, 0.25) is 0 Å². The van der Waals surface area contributed by atoms with Crippen LogP contribution in [0.25, 0.3) is 0 Å². The maximum Gasteiger partial charge on any atom is 0.327 e. The summed E-state index contributed by atoms with van der Waals surface area (Å²) in [6.07, 6.45) is 2.18. The first-order valence-electron chi connectivity index (χ1n) is 6.60. The Bertz CT molecular complexity index is 568. The average molecular weight is 312 g/mol. The van der Waals surface area contributed by atoms with Gasteiger partial charge in [0.25, 0.3) is 5.91 Å². The van der Waals surface area contributed by atoms with Crippen molar-refractivity contribution in [3.05, 3.63) is 15.6 Å². The number of hydrogen-bond donors (Lipinski definition) is 1. The molecule has 0 bridgehead atoms. The molecule has 1 amide bonds. The lowest BCUT2D eigenvalue weighted by Gasteiger charge is -2.27. The highest BCUT2D eigenvalue weighted by Crippen LogP contribution is 2.46. The number of thioether (sulfide) groups is 1. The summed E-state index contributed by atoms with van der Waals surface area (Å²) in [5, 5.41) is 10.2. The van der Waals surface area contributed by atoms with Crippen LogP contribution in [0.4, 0.5) is 0 Å². The van der Waals surface area contributed by atoms with Crippen LogP contribution in [0.5, 0.6) is 0 Å². The second-order valence-corrected chi connectivity index (χ2v) is 7.63. The molecule has 108 valence electrons. The lowest BCUT2D eigenvalue weighted by Crippen LogP contribution is -2.46. The van der Waals surface area contributed by atoms with Crippen LogP contribution >= 0.6 is 23.1 Å². The van der Waals surface area contributed by atoms with Crippen molar-refractivity contribution in [2.24, 2.45) is 5.92 Å². The minimum absolute atomic E-state index is 0.0189. The van der Waals surface area contributed by atoms with Gasteiger partial charge in [-0.3, -0.25) is 4.79 Å². The fraction of sp³-hybridized carbons (Fsp3) is 0.615. The number of carboxylic acid groups (broad SMARTS) is 1. The Morgan fingerprint density at radius 3 is 2.55 bits per heavy atom. The standard InChI is InChI=1S/C13H16N2O3S2/c1-6-10(20-7(2)14-6)11(16)15-9(13(17)18)5-19-12(15)8-3-4-8/h8-9,12H,3-5H2,1-2H3,(H,17,18). The first-order valence-corrected chi connectivity index (χ1v) is 8.46. The van der Waals surface area contributed by atoms with E-state index in [-0.39, 0.29) is 11.3 Å². The maximum absolute atomic E-state index is 12.8. The van der Waals surface area contributed by atoms with Crippen LogP contribution in [-0.2, 0) is 4.79 Å². The zero-order valence-electron chi connectivity index (χ0n) is 11.3. The number of carbonyl (C=O) groups excluding carboxylic acids is 1. The highest BCUT2D eigenvalue weighted by Gasteiger charge is 2.48. The summed E-state index contributed by atoms with van der Waals surface area (Å²) in [4.78, 5) is 30.6. The van der Waals surface area contributed by atoms with Gasteiger partial charge in [0.05, 0.1) is 16.1 Å². The Morgan fingerprint density at radius 1 is 1.35 bits per heavy atom. The van der Waals surface area contributed by atoms with Crippen LogP contribution in [0.15, 0.2) is 0 Å². The summed E-state index contributed by atoms with van der Waals surface area (Å²) < 4.78 is 0.